The molecular formula is C25H19N3O4. The summed E-state index contributed by atoms with van der Waals surface area (Å²) in [7, 11) is 1.76. The fraction of sp³-hybridized carbons (Fsp3) is 0.0800. The molecule has 1 aromatic heterocycles. The molecule has 4 rings (SSSR count). The molecule has 0 radical (unpaired) electrons. The van der Waals surface area contributed by atoms with Gasteiger partial charge in [-0.1, -0.05) is 30.3 Å². The summed E-state index contributed by atoms with van der Waals surface area (Å²) in [6, 6.07) is 23.1. The fourth-order valence-corrected chi connectivity index (χ4v) is 3.44. The quantitative estimate of drug-likeness (QED) is 0.471. The van der Waals surface area contributed by atoms with Crippen LogP contribution >= 0.6 is 0 Å². The Bertz CT molecular complexity index is 1370. The van der Waals surface area contributed by atoms with E-state index < -0.39 is 11.9 Å². The van der Waals surface area contributed by atoms with Gasteiger partial charge in [0.25, 0.3) is 5.91 Å². The molecule has 7 heteroatoms. The van der Waals surface area contributed by atoms with E-state index in [2.05, 4.69) is 5.32 Å². The standard InChI is InChI=1S/C25H19N3O4/c1-28-22-13-19(32-15-16-5-3-2-4-6-16)9-8-18(22)12-23(28)24(29)27-21-10-7-17(14-26)11-20(21)25(30)31/h2-13H,15H2,1H3,(H,27,29)(H,30,31). The maximum Gasteiger partial charge on any atom is 0.337 e. The number of aryl methyl sites for hydroxylation is 1. The summed E-state index contributed by atoms with van der Waals surface area (Å²) in [5, 5.41) is 21.9. The molecule has 0 aliphatic rings. The van der Waals surface area contributed by atoms with Crippen LogP contribution in [0.25, 0.3) is 10.9 Å². The molecule has 4 aromatic rings. The minimum absolute atomic E-state index is 0.124. The number of aromatic carboxylic acids is 1. The van der Waals surface area contributed by atoms with Gasteiger partial charge in [-0.2, -0.15) is 5.26 Å². The number of nitrogens with one attached hydrogen (secondary N) is 1. The number of nitrogens with zero attached hydrogens (tertiary/aromatic N) is 2. The van der Waals surface area contributed by atoms with Crippen molar-refractivity contribution in [1.82, 2.24) is 4.57 Å². The molecule has 0 spiro atoms. The van der Waals surface area contributed by atoms with E-state index in [1.807, 2.05) is 54.6 Å². The average molecular weight is 425 g/mol. The van der Waals surface area contributed by atoms with E-state index in [0.29, 0.717) is 18.1 Å². The molecule has 0 saturated heterocycles. The van der Waals surface area contributed by atoms with Crippen molar-refractivity contribution in [3.8, 4) is 11.8 Å². The lowest BCUT2D eigenvalue weighted by atomic mass is 10.1. The molecule has 0 unspecified atom stereocenters. The molecule has 158 valence electrons. The zero-order valence-corrected chi connectivity index (χ0v) is 17.2. The predicted molar refractivity (Wildman–Crippen MR) is 120 cm³/mol. The van der Waals surface area contributed by atoms with Crippen LogP contribution in [0.5, 0.6) is 5.75 Å². The first-order valence-electron chi connectivity index (χ1n) is 9.81. The number of aromatic nitrogens is 1. The van der Waals surface area contributed by atoms with Crippen LogP contribution in [0.2, 0.25) is 0 Å². The number of hydrogen-bond donors (Lipinski definition) is 2. The lowest BCUT2D eigenvalue weighted by molar-refractivity contribution is 0.0698. The van der Waals surface area contributed by atoms with Crippen molar-refractivity contribution in [2.24, 2.45) is 7.05 Å². The Labute approximate surface area is 184 Å². The maximum absolute atomic E-state index is 12.9. The van der Waals surface area contributed by atoms with Gasteiger partial charge in [-0.15, -0.1) is 0 Å². The first-order valence-corrected chi connectivity index (χ1v) is 9.81. The van der Waals surface area contributed by atoms with Gasteiger partial charge in [-0.05, 0) is 42.0 Å². The zero-order valence-electron chi connectivity index (χ0n) is 17.2. The van der Waals surface area contributed by atoms with E-state index in [9.17, 15) is 14.7 Å². The van der Waals surface area contributed by atoms with Crippen molar-refractivity contribution in [3.05, 3.63) is 95.2 Å². The highest BCUT2D eigenvalue weighted by atomic mass is 16.5. The number of carbonyl (C=O) groups excluding carboxylic acids is 1. The number of nitriles is 1. The van der Waals surface area contributed by atoms with Crippen molar-refractivity contribution in [2.75, 3.05) is 5.32 Å². The molecule has 0 saturated carbocycles. The maximum atomic E-state index is 12.9. The Morgan fingerprint density at radius 2 is 1.84 bits per heavy atom. The first-order chi connectivity index (χ1) is 15.5. The van der Waals surface area contributed by atoms with Crippen LogP contribution in [-0.2, 0) is 13.7 Å². The number of amides is 1. The third-order valence-electron chi connectivity index (χ3n) is 5.13. The van der Waals surface area contributed by atoms with Crippen molar-refractivity contribution >= 4 is 28.5 Å². The molecule has 0 atom stereocenters. The normalized spacial score (nSPS) is 10.5. The van der Waals surface area contributed by atoms with Crippen LogP contribution in [0.4, 0.5) is 5.69 Å². The highest BCUT2D eigenvalue weighted by molar-refractivity contribution is 6.09. The molecule has 0 bridgehead atoms. The summed E-state index contributed by atoms with van der Waals surface area (Å²) in [6.45, 7) is 0.431. The van der Waals surface area contributed by atoms with E-state index in [1.54, 1.807) is 17.7 Å². The van der Waals surface area contributed by atoms with Gasteiger partial charge in [-0.25, -0.2) is 4.79 Å². The molecule has 1 amide bonds. The summed E-state index contributed by atoms with van der Waals surface area (Å²) < 4.78 is 7.61. The summed E-state index contributed by atoms with van der Waals surface area (Å²) in [5.74, 6) is -1.01. The summed E-state index contributed by atoms with van der Waals surface area (Å²) in [6.07, 6.45) is 0. The molecule has 1 heterocycles. The first kappa shape index (κ1) is 20.7. The second-order valence-corrected chi connectivity index (χ2v) is 7.21. The monoisotopic (exact) mass is 425 g/mol. The van der Waals surface area contributed by atoms with Gasteiger partial charge in [0.05, 0.1) is 28.4 Å². The smallest absolute Gasteiger partial charge is 0.337 e. The molecule has 0 fully saturated rings. The number of ether oxygens (including phenoxy) is 1. The molecule has 3 aromatic carbocycles. The SMILES string of the molecule is Cn1c(C(=O)Nc2ccc(C#N)cc2C(=O)O)cc2ccc(OCc3ccccc3)cc21. The second-order valence-electron chi connectivity index (χ2n) is 7.21. The van der Waals surface area contributed by atoms with Crippen molar-refractivity contribution < 1.29 is 19.4 Å². The Kier molecular flexibility index (Phi) is 5.60. The van der Waals surface area contributed by atoms with Gasteiger partial charge in [0.15, 0.2) is 0 Å². The van der Waals surface area contributed by atoms with Crippen LogP contribution in [-0.4, -0.2) is 21.6 Å². The number of carbonyl (C=O) groups is 2. The zero-order chi connectivity index (χ0) is 22.7. The minimum Gasteiger partial charge on any atom is -0.489 e. The van der Waals surface area contributed by atoms with Crippen molar-refractivity contribution in [1.29, 1.82) is 5.26 Å². The summed E-state index contributed by atoms with van der Waals surface area (Å²) >= 11 is 0. The van der Waals surface area contributed by atoms with Crippen LogP contribution in [0.15, 0.2) is 72.8 Å². The van der Waals surface area contributed by atoms with E-state index in [1.165, 1.54) is 18.2 Å². The minimum atomic E-state index is -1.23. The molecule has 2 N–H and O–H groups in total. The van der Waals surface area contributed by atoms with Gasteiger partial charge in [0.1, 0.15) is 18.1 Å². The van der Waals surface area contributed by atoms with E-state index in [4.69, 9.17) is 10.00 Å². The number of anilines is 1. The third kappa shape index (κ3) is 4.16. The topological polar surface area (TPSA) is 104 Å². The number of benzene rings is 3. The van der Waals surface area contributed by atoms with Crippen molar-refractivity contribution in [2.45, 2.75) is 6.61 Å². The Morgan fingerprint density at radius 3 is 2.56 bits per heavy atom. The van der Waals surface area contributed by atoms with E-state index >= 15 is 0 Å². The summed E-state index contributed by atoms with van der Waals surface area (Å²) in [4.78, 5) is 24.4. The number of carboxylic acid groups (broad SMARTS) is 1. The number of rotatable bonds is 6. The average Bonchev–Trinajstić information content (AvgIpc) is 3.14. The molecule has 0 aliphatic carbocycles. The highest BCUT2D eigenvalue weighted by Crippen LogP contribution is 2.26. The van der Waals surface area contributed by atoms with E-state index in [0.717, 1.165) is 16.5 Å². The lowest BCUT2D eigenvalue weighted by Crippen LogP contribution is -2.17. The van der Waals surface area contributed by atoms with Crippen LogP contribution in [0.1, 0.15) is 32.0 Å². The Morgan fingerprint density at radius 1 is 1.06 bits per heavy atom. The van der Waals surface area contributed by atoms with Gasteiger partial charge in [0.2, 0.25) is 0 Å². The highest BCUT2D eigenvalue weighted by Gasteiger charge is 2.18. The second kappa shape index (κ2) is 8.66. The molecule has 32 heavy (non-hydrogen) atoms. The number of hydrogen-bond acceptors (Lipinski definition) is 4. The third-order valence-corrected chi connectivity index (χ3v) is 5.13. The molecule has 7 nitrogen and oxygen atoms in total. The van der Waals surface area contributed by atoms with Gasteiger partial charge >= 0.3 is 5.97 Å². The fourth-order valence-electron chi connectivity index (χ4n) is 3.44. The predicted octanol–water partition coefficient (Wildman–Crippen LogP) is 4.58. The summed E-state index contributed by atoms with van der Waals surface area (Å²) in [5.41, 5.74) is 2.40. The lowest BCUT2D eigenvalue weighted by Gasteiger charge is -2.10. The Hall–Kier alpha value is -4.57. The van der Waals surface area contributed by atoms with Gasteiger partial charge in [-0.3, -0.25) is 4.79 Å². The number of fused-ring (bicyclic) bond motifs is 1. The van der Waals surface area contributed by atoms with Crippen LogP contribution in [0.3, 0.4) is 0 Å². The van der Waals surface area contributed by atoms with Crippen molar-refractivity contribution in [3.63, 3.8) is 0 Å². The van der Waals surface area contributed by atoms with Crippen LogP contribution < -0.4 is 10.1 Å². The Balaban J connectivity index is 1.58. The molecule has 0 aliphatic heterocycles. The largest absolute Gasteiger partial charge is 0.489 e. The van der Waals surface area contributed by atoms with E-state index in [-0.39, 0.29) is 16.8 Å². The molecular weight excluding hydrogens is 406 g/mol. The van der Waals surface area contributed by atoms with Gasteiger partial charge < -0.3 is 19.7 Å². The number of carboxylic acids is 1. The van der Waals surface area contributed by atoms with Crippen LogP contribution in [0, 0.1) is 11.3 Å². The van der Waals surface area contributed by atoms with Gasteiger partial charge in [0, 0.05) is 18.5 Å².